The molecule has 0 aliphatic heterocycles. The maximum atomic E-state index is 14.0. The van der Waals surface area contributed by atoms with Crippen molar-refractivity contribution in [3.63, 3.8) is 0 Å². The van der Waals surface area contributed by atoms with Crippen molar-refractivity contribution in [1.29, 1.82) is 0 Å². The smallest absolute Gasteiger partial charge is 0.153 e. The maximum Gasteiger partial charge on any atom is 0.153 e. The number of ether oxygens (including phenoxy) is 1. The predicted molar refractivity (Wildman–Crippen MR) is 135 cm³/mol. The summed E-state index contributed by atoms with van der Waals surface area (Å²) in [5.74, 6) is 3.65. The van der Waals surface area contributed by atoms with Crippen LogP contribution < -0.4 is 4.74 Å². The van der Waals surface area contributed by atoms with Gasteiger partial charge in [-0.25, -0.2) is 4.39 Å². The Bertz CT molecular complexity index is 716. The summed E-state index contributed by atoms with van der Waals surface area (Å²) in [6.07, 6.45) is 21.1. The molecule has 0 amide bonds. The summed E-state index contributed by atoms with van der Waals surface area (Å²) in [6, 6.07) is 4.77. The number of unbranched alkanes of at least 4 members (excludes halogenated alkanes) is 5. The van der Waals surface area contributed by atoms with Gasteiger partial charge in [-0.1, -0.05) is 64.7 Å². The van der Waals surface area contributed by atoms with E-state index in [4.69, 9.17) is 4.74 Å². The van der Waals surface area contributed by atoms with Crippen molar-refractivity contribution in [2.24, 2.45) is 28.7 Å². The Labute approximate surface area is 200 Å². The highest BCUT2D eigenvalue weighted by atomic mass is 32.1. The average molecular weight is 460 g/mol. The van der Waals surface area contributed by atoms with Crippen LogP contribution in [0.4, 0.5) is 10.1 Å². The third kappa shape index (κ3) is 8.27. The highest BCUT2D eigenvalue weighted by Crippen LogP contribution is 2.42. The van der Waals surface area contributed by atoms with Crippen LogP contribution in [0.15, 0.2) is 23.2 Å². The first-order chi connectivity index (χ1) is 15.7. The summed E-state index contributed by atoms with van der Waals surface area (Å²) in [5.41, 5.74) is 0.217. The van der Waals surface area contributed by atoms with Crippen molar-refractivity contribution in [2.75, 3.05) is 6.61 Å². The van der Waals surface area contributed by atoms with Gasteiger partial charge in [0.1, 0.15) is 11.4 Å². The molecule has 0 saturated heterocycles. The maximum absolute atomic E-state index is 14.0. The number of halogens is 1. The molecule has 2 nitrogen and oxygen atoms in total. The fourth-order valence-electron chi connectivity index (χ4n) is 5.92. The van der Waals surface area contributed by atoms with E-state index in [-0.39, 0.29) is 5.69 Å². The van der Waals surface area contributed by atoms with Crippen LogP contribution in [-0.2, 0) is 0 Å². The van der Waals surface area contributed by atoms with Gasteiger partial charge in [-0.05, 0) is 86.5 Å². The van der Waals surface area contributed by atoms with Gasteiger partial charge in [-0.3, -0.25) is 0 Å². The average Bonchev–Trinajstić information content (AvgIpc) is 2.82. The predicted octanol–water partition coefficient (Wildman–Crippen LogP) is 9.30. The minimum Gasteiger partial charge on any atom is -0.493 e. The zero-order chi connectivity index (χ0) is 22.6. The van der Waals surface area contributed by atoms with E-state index in [0.29, 0.717) is 18.3 Å². The van der Waals surface area contributed by atoms with E-state index in [0.717, 1.165) is 17.8 Å². The van der Waals surface area contributed by atoms with Crippen molar-refractivity contribution >= 4 is 23.1 Å². The van der Waals surface area contributed by atoms with E-state index in [1.54, 1.807) is 12.1 Å². The first-order valence-electron chi connectivity index (χ1n) is 13.2. The molecule has 0 bridgehead atoms. The Morgan fingerprint density at radius 1 is 0.906 bits per heavy atom. The van der Waals surface area contributed by atoms with Gasteiger partial charge in [0.25, 0.3) is 0 Å². The number of isothiocyanates is 1. The van der Waals surface area contributed by atoms with E-state index in [2.05, 4.69) is 29.3 Å². The molecule has 0 atom stereocenters. The van der Waals surface area contributed by atoms with Crippen LogP contribution in [0, 0.1) is 29.5 Å². The molecule has 1 aromatic carbocycles. The molecule has 2 aliphatic carbocycles. The van der Waals surface area contributed by atoms with Gasteiger partial charge in [0.05, 0.1) is 11.8 Å². The zero-order valence-corrected chi connectivity index (χ0v) is 20.8. The summed E-state index contributed by atoms with van der Waals surface area (Å²) in [7, 11) is 0. The fraction of sp³-hybridized carbons (Fsp3) is 0.750. The molecule has 0 N–H and O–H groups in total. The van der Waals surface area contributed by atoms with Gasteiger partial charge in [0, 0.05) is 6.07 Å². The molecule has 3 rings (SSSR count). The molecular weight excluding hydrogens is 417 g/mol. The number of aliphatic imine (C=N–C) groups is 1. The van der Waals surface area contributed by atoms with Crippen molar-refractivity contribution in [3.8, 4) is 5.75 Å². The highest BCUT2D eigenvalue weighted by molar-refractivity contribution is 7.78. The van der Waals surface area contributed by atoms with Crippen molar-refractivity contribution in [1.82, 2.24) is 0 Å². The van der Waals surface area contributed by atoms with E-state index in [9.17, 15) is 4.39 Å². The molecule has 4 heteroatoms. The molecule has 0 spiro atoms. The summed E-state index contributed by atoms with van der Waals surface area (Å²) >= 11 is 4.54. The molecule has 1 aromatic rings. The number of hydrogen-bond donors (Lipinski definition) is 0. The standard InChI is InChI=1S/C28H42FNOS/c1-2-3-4-5-6-7-8-22-9-13-24(14-10-22)25-15-11-23(12-16-25)20-31-26-17-18-28(30-21-32)27(29)19-26/h17-19,22-25H,2-16,20H2,1H3/t22-,23?,24-,25?. The highest BCUT2D eigenvalue weighted by Gasteiger charge is 2.30. The lowest BCUT2D eigenvalue weighted by Crippen LogP contribution is -2.27. The molecular formula is C28H42FNOS. The normalized spacial score (nSPS) is 25.8. The van der Waals surface area contributed by atoms with E-state index in [1.807, 2.05) is 0 Å². The van der Waals surface area contributed by atoms with Gasteiger partial charge in [-0.2, -0.15) is 4.99 Å². The van der Waals surface area contributed by atoms with Crippen molar-refractivity contribution in [2.45, 2.75) is 103 Å². The number of hydrogen-bond acceptors (Lipinski definition) is 3. The fourth-order valence-corrected chi connectivity index (χ4v) is 6.02. The second-order valence-corrected chi connectivity index (χ2v) is 10.4. The summed E-state index contributed by atoms with van der Waals surface area (Å²) in [5, 5.41) is 2.21. The third-order valence-electron chi connectivity index (χ3n) is 7.99. The van der Waals surface area contributed by atoms with E-state index < -0.39 is 5.82 Å². The van der Waals surface area contributed by atoms with Crippen LogP contribution >= 0.6 is 12.2 Å². The van der Waals surface area contributed by atoms with Crippen LogP contribution in [0.25, 0.3) is 0 Å². The van der Waals surface area contributed by atoms with Gasteiger partial charge in [-0.15, -0.1) is 0 Å². The molecule has 32 heavy (non-hydrogen) atoms. The molecule has 178 valence electrons. The van der Waals surface area contributed by atoms with Crippen LogP contribution in [0.2, 0.25) is 0 Å². The SMILES string of the molecule is CCCCCCCC[C@H]1CC[C@H](C2CCC(COc3ccc(N=C=S)c(F)c3)CC2)CC1. The number of nitrogens with zero attached hydrogens (tertiary/aromatic N) is 1. The second kappa shape index (κ2) is 14.1. The van der Waals surface area contributed by atoms with Crippen LogP contribution in [-0.4, -0.2) is 11.8 Å². The lowest BCUT2D eigenvalue weighted by atomic mass is 9.69. The van der Waals surface area contributed by atoms with Gasteiger partial charge >= 0.3 is 0 Å². The Balaban J connectivity index is 1.29. The van der Waals surface area contributed by atoms with E-state index in [1.165, 1.54) is 102 Å². The summed E-state index contributed by atoms with van der Waals surface area (Å²) in [4.78, 5) is 3.72. The molecule has 0 aromatic heterocycles. The largest absolute Gasteiger partial charge is 0.493 e. The first kappa shape index (κ1) is 25.4. The quantitative estimate of drug-likeness (QED) is 0.176. The van der Waals surface area contributed by atoms with Gasteiger partial charge < -0.3 is 4.74 Å². The monoisotopic (exact) mass is 459 g/mol. The Morgan fingerprint density at radius 3 is 2.16 bits per heavy atom. The minimum atomic E-state index is -0.407. The van der Waals surface area contributed by atoms with Crippen LogP contribution in [0.5, 0.6) is 5.75 Å². The molecule has 2 saturated carbocycles. The number of thiocarbonyl (C=S) groups is 1. The second-order valence-electron chi connectivity index (χ2n) is 10.2. The number of rotatable bonds is 12. The molecule has 0 unspecified atom stereocenters. The Kier molecular flexibility index (Phi) is 11.2. The zero-order valence-electron chi connectivity index (χ0n) is 20.0. The summed E-state index contributed by atoms with van der Waals surface area (Å²) < 4.78 is 19.9. The van der Waals surface area contributed by atoms with Gasteiger partial charge in [0.2, 0.25) is 0 Å². The third-order valence-corrected chi connectivity index (χ3v) is 8.08. The van der Waals surface area contributed by atoms with Crippen LogP contribution in [0.1, 0.15) is 103 Å². The lowest BCUT2D eigenvalue weighted by molar-refractivity contribution is 0.121. The molecule has 0 radical (unpaired) electrons. The molecule has 2 fully saturated rings. The lowest BCUT2D eigenvalue weighted by Gasteiger charge is -2.38. The van der Waals surface area contributed by atoms with E-state index >= 15 is 0 Å². The number of benzene rings is 1. The molecule has 0 heterocycles. The minimum absolute atomic E-state index is 0.217. The molecule has 2 aliphatic rings. The topological polar surface area (TPSA) is 21.6 Å². The van der Waals surface area contributed by atoms with Crippen LogP contribution in [0.3, 0.4) is 0 Å². The Morgan fingerprint density at radius 2 is 1.53 bits per heavy atom. The van der Waals surface area contributed by atoms with Crippen molar-refractivity contribution < 1.29 is 9.13 Å². The first-order valence-corrected chi connectivity index (χ1v) is 13.6. The van der Waals surface area contributed by atoms with Crippen molar-refractivity contribution in [3.05, 3.63) is 24.0 Å². The summed E-state index contributed by atoms with van der Waals surface area (Å²) in [6.45, 7) is 2.98. The Hall–Kier alpha value is -1.25. The van der Waals surface area contributed by atoms with Gasteiger partial charge in [0.15, 0.2) is 5.82 Å².